The molecule has 1 aliphatic carbocycles. The summed E-state index contributed by atoms with van der Waals surface area (Å²) in [5, 5.41) is 12.4. The van der Waals surface area contributed by atoms with Gasteiger partial charge in [0.2, 0.25) is 0 Å². The van der Waals surface area contributed by atoms with Crippen LogP contribution in [0.15, 0.2) is 41.5 Å². The second-order valence-corrected chi connectivity index (χ2v) is 9.90. The van der Waals surface area contributed by atoms with Gasteiger partial charge in [-0.05, 0) is 39.2 Å². The van der Waals surface area contributed by atoms with Crippen LogP contribution < -0.4 is 10.9 Å². The highest BCUT2D eigenvalue weighted by Gasteiger charge is 2.35. The Hall–Kier alpha value is -3.67. The van der Waals surface area contributed by atoms with E-state index in [0.29, 0.717) is 5.69 Å². The van der Waals surface area contributed by atoms with Gasteiger partial charge in [-0.25, -0.2) is 19.5 Å². The van der Waals surface area contributed by atoms with Crippen LogP contribution in [0.2, 0.25) is 0 Å². The molecule has 0 aliphatic heterocycles. The van der Waals surface area contributed by atoms with E-state index >= 15 is 0 Å². The predicted octanol–water partition coefficient (Wildman–Crippen LogP) is 4.16. The van der Waals surface area contributed by atoms with Gasteiger partial charge in [0.25, 0.3) is 5.56 Å². The van der Waals surface area contributed by atoms with E-state index in [0.717, 1.165) is 48.1 Å². The summed E-state index contributed by atoms with van der Waals surface area (Å²) < 4.78 is 6.95. The van der Waals surface area contributed by atoms with E-state index in [1.54, 1.807) is 34.0 Å². The van der Waals surface area contributed by atoms with Gasteiger partial charge in [-0.2, -0.15) is 5.26 Å². The van der Waals surface area contributed by atoms with E-state index in [9.17, 15) is 19.6 Å². The maximum atomic E-state index is 13.2. The van der Waals surface area contributed by atoms with Crippen LogP contribution in [0.3, 0.4) is 0 Å². The molecule has 0 spiro atoms. The van der Waals surface area contributed by atoms with Crippen LogP contribution in [0.5, 0.6) is 0 Å². The number of hydrogen-bond acceptors (Lipinski definition) is 6. The molecule has 1 aromatic heterocycles. The summed E-state index contributed by atoms with van der Waals surface area (Å²) >= 11 is 0. The molecule has 0 saturated heterocycles. The van der Waals surface area contributed by atoms with Crippen LogP contribution in [0.25, 0.3) is 11.3 Å². The van der Waals surface area contributed by atoms with Crippen molar-refractivity contribution >= 4 is 12.1 Å². The van der Waals surface area contributed by atoms with Gasteiger partial charge in [0.15, 0.2) is 0 Å². The van der Waals surface area contributed by atoms with Gasteiger partial charge in [0, 0.05) is 31.3 Å². The van der Waals surface area contributed by atoms with Crippen molar-refractivity contribution in [2.75, 3.05) is 0 Å². The lowest BCUT2D eigenvalue weighted by atomic mass is 9.94. The molecule has 0 unspecified atom stereocenters. The monoisotopic (exact) mass is 479 g/mol. The maximum Gasteiger partial charge on any atom is 0.418 e. The summed E-state index contributed by atoms with van der Waals surface area (Å²) in [5.41, 5.74) is 1.40. The molecule has 1 saturated carbocycles. The Bertz CT molecular complexity index is 1140. The number of imide groups is 1. The Morgan fingerprint density at radius 2 is 1.89 bits per heavy atom. The highest BCUT2D eigenvalue weighted by molar-refractivity contribution is 5.91. The van der Waals surface area contributed by atoms with Gasteiger partial charge in [0.05, 0.1) is 18.0 Å². The zero-order valence-electron chi connectivity index (χ0n) is 20.8. The van der Waals surface area contributed by atoms with Crippen molar-refractivity contribution < 1.29 is 14.3 Å². The minimum absolute atomic E-state index is 0.188. The highest BCUT2D eigenvalue weighted by Crippen LogP contribution is 2.25. The third kappa shape index (κ3) is 7.15. The van der Waals surface area contributed by atoms with Crippen molar-refractivity contribution in [3.8, 4) is 17.3 Å². The fraction of sp³-hybridized carbons (Fsp3) is 0.500. The van der Waals surface area contributed by atoms with Crippen LogP contribution >= 0.6 is 0 Å². The summed E-state index contributed by atoms with van der Waals surface area (Å²) in [6.07, 6.45) is 6.93. The number of aryl methyl sites for hydroxylation is 1. The van der Waals surface area contributed by atoms with Crippen molar-refractivity contribution in [3.63, 3.8) is 0 Å². The smallest absolute Gasteiger partial charge is 0.418 e. The molecule has 1 heterocycles. The molecule has 9 nitrogen and oxygen atoms in total. The first-order chi connectivity index (χ1) is 16.6. The lowest BCUT2D eigenvalue weighted by molar-refractivity contribution is 0.0220. The second kappa shape index (κ2) is 11.2. The van der Waals surface area contributed by atoms with Crippen molar-refractivity contribution in [1.29, 1.82) is 5.26 Å². The van der Waals surface area contributed by atoms with E-state index in [2.05, 4.69) is 16.4 Å². The molecule has 1 atom stereocenters. The first kappa shape index (κ1) is 25.9. The van der Waals surface area contributed by atoms with Crippen LogP contribution in [0.1, 0.15) is 58.4 Å². The van der Waals surface area contributed by atoms with Gasteiger partial charge < -0.3 is 14.6 Å². The molecule has 1 fully saturated rings. The molecule has 1 aliphatic rings. The number of nitriles is 1. The average molecular weight is 480 g/mol. The standard InChI is InChI=1S/C26H33N5O4/c1-26(2,3)35-25(34)31(21-8-6-5-7-9-21)24(33)29-20(15-27)14-18-10-12-19(13-11-18)22-17-30(4)23(32)16-28-22/h10-13,16-17,20-21H,5-9,14H2,1-4H3,(H,29,33)/t20-/m0/s1. The first-order valence-corrected chi connectivity index (χ1v) is 11.9. The second-order valence-electron chi connectivity index (χ2n) is 9.90. The average Bonchev–Trinajstić information content (AvgIpc) is 2.80. The Kier molecular flexibility index (Phi) is 8.28. The van der Waals surface area contributed by atoms with Crippen LogP contribution in [-0.2, 0) is 18.2 Å². The largest absolute Gasteiger partial charge is 0.443 e. The Labute approximate surface area is 205 Å². The van der Waals surface area contributed by atoms with Gasteiger partial charge >= 0.3 is 12.1 Å². The van der Waals surface area contributed by atoms with Gasteiger partial charge in [-0.3, -0.25) is 4.79 Å². The molecule has 9 heteroatoms. The molecule has 0 radical (unpaired) electrons. The Balaban J connectivity index is 1.70. The van der Waals surface area contributed by atoms with Crippen molar-refractivity contribution in [2.24, 2.45) is 7.05 Å². The maximum absolute atomic E-state index is 13.2. The number of carbonyl (C=O) groups is 2. The number of urea groups is 1. The summed E-state index contributed by atoms with van der Waals surface area (Å²) in [7, 11) is 1.66. The first-order valence-electron chi connectivity index (χ1n) is 11.9. The molecular weight excluding hydrogens is 446 g/mol. The number of nitrogens with one attached hydrogen (secondary N) is 1. The van der Waals surface area contributed by atoms with E-state index in [1.165, 1.54) is 10.8 Å². The molecule has 1 aromatic carbocycles. The molecule has 3 amide bonds. The van der Waals surface area contributed by atoms with Crippen LogP contribution in [-0.4, -0.2) is 44.3 Å². The lowest BCUT2D eigenvalue weighted by Gasteiger charge is -2.34. The molecule has 3 rings (SSSR count). The molecule has 35 heavy (non-hydrogen) atoms. The number of rotatable bonds is 5. The van der Waals surface area contributed by atoms with E-state index in [1.807, 2.05) is 24.3 Å². The summed E-state index contributed by atoms with van der Waals surface area (Å²) in [5.74, 6) is 0. The third-order valence-corrected chi connectivity index (χ3v) is 5.87. The number of hydrogen-bond donors (Lipinski definition) is 1. The molecule has 1 N–H and O–H groups in total. The number of benzene rings is 1. The van der Waals surface area contributed by atoms with Gasteiger partial charge in [-0.15, -0.1) is 0 Å². The van der Waals surface area contributed by atoms with Crippen molar-refractivity contribution in [1.82, 2.24) is 19.8 Å². The number of nitrogens with zero attached hydrogens (tertiary/aromatic N) is 4. The Morgan fingerprint density at radius 3 is 2.46 bits per heavy atom. The minimum Gasteiger partial charge on any atom is -0.443 e. The lowest BCUT2D eigenvalue weighted by Crippen LogP contribution is -2.53. The summed E-state index contributed by atoms with van der Waals surface area (Å²) in [4.78, 5) is 42.9. The normalized spacial score (nSPS) is 15.1. The predicted molar refractivity (Wildman–Crippen MR) is 131 cm³/mol. The zero-order valence-corrected chi connectivity index (χ0v) is 20.8. The van der Waals surface area contributed by atoms with Crippen LogP contribution in [0.4, 0.5) is 9.59 Å². The van der Waals surface area contributed by atoms with Crippen molar-refractivity contribution in [3.05, 3.63) is 52.6 Å². The van der Waals surface area contributed by atoms with Gasteiger partial charge in [-0.1, -0.05) is 43.5 Å². The van der Waals surface area contributed by atoms with Gasteiger partial charge in [0.1, 0.15) is 11.6 Å². The minimum atomic E-state index is -0.822. The molecule has 2 aromatic rings. The third-order valence-electron chi connectivity index (χ3n) is 5.87. The molecule has 0 bridgehead atoms. The SMILES string of the molecule is Cn1cc(-c2ccc(C[C@@H](C#N)NC(=O)N(C(=O)OC(C)(C)C)C3CCCCC3)cc2)ncc1=O. The van der Waals surface area contributed by atoms with E-state index in [-0.39, 0.29) is 18.0 Å². The fourth-order valence-electron chi connectivity index (χ4n) is 4.09. The van der Waals surface area contributed by atoms with E-state index in [4.69, 9.17) is 4.74 Å². The topological polar surface area (TPSA) is 117 Å². The van der Waals surface area contributed by atoms with E-state index < -0.39 is 23.8 Å². The van der Waals surface area contributed by atoms with Crippen molar-refractivity contribution in [2.45, 2.75) is 77.0 Å². The summed E-state index contributed by atoms with van der Waals surface area (Å²) in [6, 6.07) is 7.87. The summed E-state index contributed by atoms with van der Waals surface area (Å²) in [6.45, 7) is 5.27. The number of amides is 3. The number of ether oxygens (including phenoxy) is 1. The molecule has 186 valence electrons. The quantitative estimate of drug-likeness (QED) is 0.688. The number of aromatic nitrogens is 2. The zero-order chi connectivity index (χ0) is 25.6. The fourth-order valence-corrected chi connectivity index (χ4v) is 4.09. The molecular formula is C26H33N5O4. The highest BCUT2D eigenvalue weighted by atomic mass is 16.6. The van der Waals surface area contributed by atoms with Crippen LogP contribution in [0, 0.1) is 11.3 Å². The number of carbonyl (C=O) groups excluding carboxylic acids is 2. The Morgan fingerprint density at radius 1 is 1.23 bits per heavy atom.